The lowest BCUT2D eigenvalue weighted by atomic mass is 10.1. The molecule has 27 heavy (non-hydrogen) atoms. The number of thioether (sulfide) groups is 1. The number of nitro groups is 1. The number of carbonyl (C=O) groups excluding carboxylic acids is 1. The molecule has 2 aromatic carbocycles. The number of methoxy groups -OCH3 is 2. The number of nitro benzene ring substituents is 1. The van der Waals surface area contributed by atoms with Gasteiger partial charge in [0.05, 0.1) is 24.9 Å². The van der Waals surface area contributed by atoms with E-state index in [4.69, 9.17) is 9.47 Å². The second-order valence-electron chi connectivity index (χ2n) is 5.77. The van der Waals surface area contributed by atoms with Crippen LogP contribution in [0.3, 0.4) is 0 Å². The molecule has 1 amide bonds. The summed E-state index contributed by atoms with van der Waals surface area (Å²) in [7, 11) is 3.13. The third-order valence-corrected chi connectivity index (χ3v) is 5.15. The normalized spacial score (nSPS) is 11.5. The van der Waals surface area contributed by atoms with Gasteiger partial charge in [-0.1, -0.05) is 18.2 Å². The standard InChI is InChI=1S/C19H22N2O5S/c1-13(15-5-4-6-16(10-15)21(23)24)27-12-19(22)20-11-14-7-8-17(25-2)18(9-14)26-3/h4-10,13H,11-12H2,1-3H3,(H,20,22)/t13-/m0/s1. The van der Waals surface area contributed by atoms with Crippen molar-refractivity contribution in [3.8, 4) is 11.5 Å². The fraction of sp³-hybridized carbons (Fsp3) is 0.316. The maximum absolute atomic E-state index is 12.1. The van der Waals surface area contributed by atoms with E-state index in [2.05, 4.69) is 5.32 Å². The molecule has 0 unspecified atom stereocenters. The number of amides is 1. The summed E-state index contributed by atoms with van der Waals surface area (Å²) in [4.78, 5) is 22.6. The lowest BCUT2D eigenvalue weighted by Gasteiger charge is -2.12. The van der Waals surface area contributed by atoms with E-state index >= 15 is 0 Å². The van der Waals surface area contributed by atoms with Crippen LogP contribution in [0.1, 0.15) is 23.3 Å². The molecule has 0 fully saturated rings. The molecule has 0 aliphatic carbocycles. The van der Waals surface area contributed by atoms with E-state index in [1.165, 1.54) is 17.8 Å². The Morgan fingerprint density at radius 1 is 1.19 bits per heavy atom. The van der Waals surface area contributed by atoms with Crippen molar-refractivity contribution in [2.75, 3.05) is 20.0 Å². The number of benzene rings is 2. The predicted molar refractivity (Wildman–Crippen MR) is 105 cm³/mol. The molecule has 1 N–H and O–H groups in total. The Morgan fingerprint density at radius 3 is 2.59 bits per heavy atom. The molecule has 0 saturated carbocycles. The SMILES string of the molecule is COc1ccc(CNC(=O)CS[C@@H](C)c2cccc([N+](=O)[O-])c2)cc1OC. The fourth-order valence-corrected chi connectivity index (χ4v) is 3.27. The number of carbonyl (C=O) groups is 1. The second kappa shape index (κ2) is 9.82. The van der Waals surface area contributed by atoms with E-state index in [0.29, 0.717) is 18.0 Å². The zero-order valence-electron chi connectivity index (χ0n) is 15.4. The van der Waals surface area contributed by atoms with E-state index in [1.807, 2.05) is 25.1 Å². The highest BCUT2D eigenvalue weighted by molar-refractivity contribution is 8.00. The van der Waals surface area contributed by atoms with Crippen molar-refractivity contribution < 1.29 is 19.2 Å². The maximum Gasteiger partial charge on any atom is 0.269 e. The van der Waals surface area contributed by atoms with Gasteiger partial charge in [-0.2, -0.15) is 0 Å². The van der Waals surface area contributed by atoms with Gasteiger partial charge in [0.1, 0.15) is 0 Å². The van der Waals surface area contributed by atoms with Gasteiger partial charge in [0.25, 0.3) is 5.69 Å². The summed E-state index contributed by atoms with van der Waals surface area (Å²) in [6, 6.07) is 11.9. The van der Waals surface area contributed by atoms with Crippen LogP contribution in [0.15, 0.2) is 42.5 Å². The molecule has 2 rings (SSSR count). The molecule has 7 nitrogen and oxygen atoms in total. The van der Waals surface area contributed by atoms with Gasteiger partial charge in [-0.3, -0.25) is 14.9 Å². The summed E-state index contributed by atoms with van der Waals surface area (Å²) in [6.07, 6.45) is 0. The zero-order valence-corrected chi connectivity index (χ0v) is 16.2. The molecule has 0 heterocycles. The number of nitrogens with one attached hydrogen (secondary N) is 1. The van der Waals surface area contributed by atoms with Crippen LogP contribution in [0.4, 0.5) is 5.69 Å². The highest BCUT2D eigenvalue weighted by Crippen LogP contribution is 2.30. The van der Waals surface area contributed by atoms with Gasteiger partial charge in [-0.05, 0) is 30.2 Å². The number of non-ortho nitro benzene ring substituents is 1. The minimum absolute atomic E-state index is 0.0308. The van der Waals surface area contributed by atoms with Gasteiger partial charge < -0.3 is 14.8 Å². The van der Waals surface area contributed by atoms with Gasteiger partial charge >= 0.3 is 0 Å². The fourth-order valence-electron chi connectivity index (χ4n) is 2.43. The average Bonchev–Trinajstić information content (AvgIpc) is 2.70. The van der Waals surface area contributed by atoms with Gasteiger partial charge in [0.2, 0.25) is 5.91 Å². The Kier molecular flexibility index (Phi) is 7.48. The van der Waals surface area contributed by atoms with Crippen LogP contribution in [0, 0.1) is 10.1 Å². The van der Waals surface area contributed by atoms with Crippen molar-refractivity contribution >= 4 is 23.4 Å². The van der Waals surface area contributed by atoms with Crippen molar-refractivity contribution in [2.45, 2.75) is 18.7 Å². The number of nitrogens with zero attached hydrogens (tertiary/aromatic N) is 1. The van der Waals surface area contributed by atoms with E-state index in [0.717, 1.165) is 11.1 Å². The van der Waals surface area contributed by atoms with Gasteiger partial charge in [0.15, 0.2) is 11.5 Å². The Labute approximate surface area is 162 Å². The molecule has 2 aromatic rings. The summed E-state index contributed by atoms with van der Waals surface area (Å²) < 4.78 is 10.4. The topological polar surface area (TPSA) is 90.7 Å². The summed E-state index contributed by atoms with van der Waals surface area (Å²) in [6.45, 7) is 2.30. The van der Waals surface area contributed by atoms with Crippen LogP contribution in [0.25, 0.3) is 0 Å². The quantitative estimate of drug-likeness (QED) is 0.518. The molecule has 8 heteroatoms. The largest absolute Gasteiger partial charge is 0.493 e. The summed E-state index contributed by atoms with van der Waals surface area (Å²) in [5.41, 5.74) is 1.78. The Bertz CT molecular complexity index is 812. The van der Waals surface area contributed by atoms with Crippen LogP contribution < -0.4 is 14.8 Å². The molecule has 0 spiro atoms. The smallest absolute Gasteiger partial charge is 0.269 e. The maximum atomic E-state index is 12.1. The van der Waals surface area contributed by atoms with Crippen molar-refractivity contribution in [3.05, 3.63) is 63.7 Å². The summed E-state index contributed by atoms with van der Waals surface area (Å²) in [5, 5.41) is 13.7. The molecule has 0 radical (unpaired) electrons. The number of ether oxygens (including phenoxy) is 2. The highest BCUT2D eigenvalue weighted by atomic mass is 32.2. The lowest BCUT2D eigenvalue weighted by Crippen LogP contribution is -2.24. The molecule has 0 aliphatic rings. The van der Waals surface area contributed by atoms with E-state index < -0.39 is 4.92 Å². The Hall–Kier alpha value is -2.74. The van der Waals surface area contributed by atoms with Crippen LogP contribution >= 0.6 is 11.8 Å². The third-order valence-electron chi connectivity index (χ3n) is 3.95. The predicted octanol–water partition coefficient (Wildman–Crippen LogP) is 3.72. The first-order chi connectivity index (χ1) is 12.9. The first kappa shape index (κ1) is 20.6. The van der Waals surface area contributed by atoms with Crippen LogP contribution in [0.5, 0.6) is 11.5 Å². The first-order valence-electron chi connectivity index (χ1n) is 8.28. The zero-order chi connectivity index (χ0) is 19.8. The first-order valence-corrected chi connectivity index (χ1v) is 9.33. The molecule has 0 bridgehead atoms. The van der Waals surface area contributed by atoms with Crippen molar-refractivity contribution in [1.82, 2.24) is 5.32 Å². The monoisotopic (exact) mass is 390 g/mol. The Balaban J connectivity index is 1.85. The summed E-state index contributed by atoms with van der Waals surface area (Å²) >= 11 is 1.43. The molecule has 1 atom stereocenters. The number of hydrogen-bond acceptors (Lipinski definition) is 6. The van der Waals surface area contributed by atoms with Crippen molar-refractivity contribution in [1.29, 1.82) is 0 Å². The van der Waals surface area contributed by atoms with Crippen LogP contribution in [-0.2, 0) is 11.3 Å². The number of hydrogen-bond donors (Lipinski definition) is 1. The minimum Gasteiger partial charge on any atom is -0.493 e. The van der Waals surface area contributed by atoms with Gasteiger partial charge in [-0.25, -0.2) is 0 Å². The van der Waals surface area contributed by atoms with E-state index in [9.17, 15) is 14.9 Å². The van der Waals surface area contributed by atoms with Crippen molar-refractivity contribution in [3.63, 3.8) is 0 Å². The van der Waals surface area contributed by atoms with Crippen molar-refractivity contribution in [2.24, 2.45) is 0 Å². The number of rotatable bonds is 9. The van der Waals surface area contributed by atoms with Gasteiger partial charge in [0, 0.05) is 23.9 Å². The molecule has 0 aliphatic heterocycles. The van der Waals surface area contributed by atoms with Gasteiger partial charge in [-0.15, -0.1) is 11.8 Å². The molecular formula is C19H22N2O5S. The lowest BCUT2D eigenvalue weighted by molar-refractivity contribution is -0.384. The van der Waals surface area contributed by atoms with Crippen LogP contribution in [0.2, 0.25) is 0 Å². The third kappa shape index (κ3) is 5.89. The minimum atomic E-state index is -0.420. The molecule has 0 aromatic heterocycles. The highest BCUT2D eigenvalue weighted by Gasteiger charge is 2.13. The molecule has 0 saturated heterocycles. The van der Waals surface area contributed by atoms with Crippen LogP contribution in [-0.4, -0.2) is 30.8 Å². The Morgan fingerprint density at radius 2 is 1.93 bits per heavy atom. The molecule has 144 valence electrons. The molecular weight excluding hydrogens is 368 g/mol. The second-order valence-corrected chi connectivity index (χ2v) is 7.10. The van der Waals surface area contributed by atoms with E-state index in [1.54, 1.807) is 32.4 Å². The average molecular weight is 390 g/mol. The summed E-state index contributed by atoms with van der Waals surface area (Å²) in [5.74, 6) is 1.40. The van der Waals surface area contributed by atoms with E-state index in [-0.39, 0.29) is 22.6 Å².